The molecule has 106 valence electrons. The van der Waals surface area contributed by atoms with E-state index in [9.17, 15) is 4.79 Å². The summed E-state index contributed by atoms with van der Waals surface area (Å²) in [4.78, 5) is 12.1. The fourth-order valence-corrected chi connectivity index (χ4v) is 2.47. The molecule has 1 aromatic rings. The minimum Gasteiger partial charge on any atom is -0.395 e. The van der Waals surface area contributed by atoms with Crippen LogP contribution in [0.2, 0.25) is 0 Å². The number of carbonyl (C=O) groups excluding carboxylic acids is 1. The van der Waals surface area contributed by atoms with Gasteiger partial charge in [-0.15, -0.1) is 0 Å². The van der Waals surface area contributed by atoms with Crippen molar-refractivity contribution in [3.8, 4) is 11.8 Å². The number of hydrogen-bond acceptors (Lipinski definition) is 2. The van der Waals surface area contributed by atoms with Gasteiger partial charge >= 0.3 is 0 Å². The van der Waals surface area contributed by atoms with Gasteiger partial charge in [0.25, 0.3) is 0 Å². The summed E-state index contributed by atoms with van der Waals surface area (Å²) in [5.41, 5.74) is 1.72. The number of rotatable bonds is 3. The maximum atomic E-state index is 12.1. The molecule has 1 aliphatic carbocycles. The molecule has 0 radical (unpaired) electrons. The van der Waals surface area contributed by atoms with Crippen LogP contribution in [0, 0.1) is 17.8 Å². The first-order chi connectivity index (χ1) is 9.79. The first-order valence-corrected chi connectivity index (χ1v) is 7.30. The molecule has 0 spiro atoms. The molecular formula is C17H21NO2. The zero-order valence-corrected chi connectivity index (χ0v) is 11.7. The summed E-state index contributed by atoms with van der Waals surface area (Å²) in [6.45, 7) is 0.0858. The van der Waals surface area contributed by atoms with Crippen LogP contribution >= 0.6 is 0 Å². The van der Waals surface area contributed by atoms with E-state index in [0.29, 0.717) is 6.42 Å². The summed E-state index contributed by atoms with van der Waals surface area (Å²) in [7, 11) is 0. The second-order valence-electron chi connectivity index (χ2n) is 5.18. The van der Waals surface area contributed by atoms with Crippen molar-refractivity contribution < 1.29 is 9.90 Å². The summed E-state index contributed by atoms with van der Waals surface area (Å²) in [6.07, 6.45) is 6.09. The molecule has 0 saturated heterocycles. The van der Waals surface area contributed by atoms with Gasteiger partial charge in [0.15, 0.2) is 0 Å². The molecule has 3 heteroatoms. The highest BCUT2D eigenvalue weighted by Gasteiger charge is 2.20. The number of carbonyl (C=O) groups is 1. The van der Waals surface area contributed by atoms with Crippen LogP contribution in [-0.2, 0) is 4.79 Å². The van der Waals surface area contributed by atoms with Crippen LogP contribution in [0.1, 0.15) is 44.1 Å². The van der Waals surface area contributed by atoms with Crippen molar-refractivity contribution in [1.82, 2.24) is 0 Å². The average molecular weight is 271 g/mol. The molecule has 1 amide bonds. The number of nitrogens with one attached hydrogen (secondary N) is 1. The number of anilines is 1. The lowest BCUT2D eigenvalue weighted by molar-refractivity contribution is -0.120. The highest BCUT2D eigenvalue weighted by molar-refractivity contribution is 5.92. The molecular weight excluding hydrogens is 250 g/mol. The minimum absolute atomic E-state index is 0.0858. The maximum absolute atomic E-state index is 12.1. The van der Waals surface area contributed by atoms with Gasteiger partial charge in [0.2, 0.25) is 5.91 Å². The van der Waals surface area contributed by atoms with Crippen LogP contribution in [0.4, 0.5) is 5.69 Å². The second-order valence-corrected chi connectivity index (χ2v) is 5.18. The van der Waals surface area contributed by atoms with Crippen molar-refractivity contribution >= 4 is 11.6 Å². The van der Waals surface area contributed by atoms with Crippen LogP contribution in [0.3, 0.4) is 0 Å². The molecule has 0 atom stereocenters. The van der Waals surface area contributed by atoms with Gasteiger partial charge in [-0.1, -0.05) is 31.1 Å². The minimum atomic E-state index is 0.0858. The van der Waals surface area contributed by atoms with Gasteiger partial charge in [-0.3, -0.25) is 4.79 Å². The Hall–Kier alpha value is -1.79. The first-order valence-electron chi connectivity index (χ1n) is 7.30. The van der Waals surface area contributed by atoms with Gasteiger partial charge in [-0.2, -0.15) is 0 Å². The van der Waals surface area contributed by atoms with E-state index < -0.39 is 0 Å². The fraction of sp³-hybridized carbons (Fsp3) is 0.471. The first kappa shape index (κ1) is 14.6. The molecule has 0 bridgehead atoms. The Morgan fingerprint density at radius 3 is 2.55 bits per heavy atom. The van der Waals surface area contributed by atoms with E-state index in [1.807, 2.05) is 24.3 Å². The predicted octanol–water partition coefficient (Wildman–Crippen LogP) is 2.94. The standard InChI is InChI=1S/C17H21NO2/c19-13-5-4-6-14-9-11-16(12-10-14)18-17(20)15-7-2-1-3-8-15/h9-12,15,19H,1-3,5,7-8,13H2,(H,18,20). The van der Waals surface area contributed by atoms with E-state index in [1.54, 1.807) is 0 Å². The number of amides is 1. The van der Waals surface area contributed by atoms with Gasteiger partial charge in [0.05, 0.1) is 6.61 Å². The lowest BCUT2D eigenvalue weighted by Crippen LogP contribution is -2.24. The number of benzene rings is 1. The van der Waals surface area contributed by atoms with Crippen LogP contribution in [0.25, 0.3) is 0 Å². The Bertz CT molecular complexity index is 490. The quantitative estimate of drug-likeness (QED) is 0.830. The molecule has 0 aromatic heterocycles. The molecule has 2 N–H and O–H groups in total. The van der Waals surface area contributed by atoms with Crippen molar-refractivity contribution in [2.24, 2.45) is 5.92 Å². The molecule has 0 aliphatic heterocycles. The van der Waals surface area contributed by atoms with Crippen LogP contribution in [0.5, 0.6) is 0 Å². The van der Waals surface area contributed by atoms with E-state index in [-0.39, 0.29) is 18.4 Å². The van der Waals surface area contributed by atoms with Crippen molar-refractivity contribution in [3.05, 3.63) is 29.8 Å². The van der Waals surface area contributed by atoms with Crippen molar-refractivity contribution in [2.45, 2.75) is 38.5 Å². The molecule has 1 fully saturated rings. The molecule has 0 unspecified atom stereocenters. The average Bonchev–Trinajstić information content (AvgIpc) is 2.50. The monoisotopic (exact) mass is 271 g/mol. The number of hydrogen-bond donors (Lipinski definition) is 2. The molecule has 1 aliphatic rings. The van der Waals surface area contributed by atoms with Gasteiger partial charge in [0.1, 0.15) is 0 Å². The Kier molecular flexibility index (Phi) is 5.64. The zero-order chi connectivity index (χ0) is 14.2. The molecule has 2 rings (SSSR count). The summed E-state index contributed by atoms with van der Waals surface area (Å²) in [6, 6.07) is 7.54. The van der Waals surface area contributed by atoms with E-state index in [1.165, 1.54) is 6.42 Å². The Morgan fingerprint density at radius 2 is 1.90 bits per heavy atom. The van der Waals surface area contributed by atoms with Crippen molar-refractivity contribution in [1.29, 1.82) is 0 Å². The van der Waals surface area contributed by atoms with E-state index in [0.717, 1.165) is 36.9 Å². The van der Waals surface area contributed by atoms with Gasteiger partial charge in [-0.05, 0) is 37.1 Å². The SMILES string of the molecule is O=C(Nc1ccc(C#CCCO)cc1)C1CCCCC1. The largest absolute Gasteiger partial charge is 0.395 e. The van der Waals surface area contributed by atoms with Gasteiger partial charge in [0, 0.05) is 23.6 Å². The van der Waals surface area contributed by atoms with Crippen molar-refractivity contribution in [3.63, 3.8) is 0 Å². The molecule has 0 heterocycles. The van der Waals surface area contributed by atoms with E-state index in [2.05, 4.69) is 17.2 Å². The molecule has 1 aromatic carbocycles. The molecule has 20 heavy (non-hydrogen) atoms. The zero-order valence-electron chi connectivity index (χ0n) is 11.7. The Morgan fingerprint density at radius 1 is 1.20 bits per heavy atom. The maximum Gasteiger partial charge on any atom is 0.227 e. The topological polar surface area (TPSA) is 49.3 Å². The summed E-state index contributed by atoms with van der Waals surface area (Å²) < 4.78 is 0. The molecule has 1 saturated carbocycles. The van der Waals surface area contributed by atoms with Crippen LogP contribution < -0.4 is 5.32 Å². The second kappa shape index (κ2) is 7.72. The fourth-order valence-electron chi connectivity index (χ4n) is 2.47. The highest BCUT2D eigenvalue weighted by atomic mass is 16.2. The summed E-state index contributed by atoms with van der Waals surface area (Å²) in [5, 5.41) is 11.6. The third-order valence-electron chi connectivity index (χ3n) is 3.60. The smallest absolute Gasteiger partial charge is 0.227 e. The van der Waals surface area contributed by atoms with Gasteiger partial charge < -0.3 is 10.4 Å². The normalized spacial score (nSPS) is 15.2. The summed E-state index contributed by atoms with van der Waals surface area (Å²) in [5.74, 6) is 6.16. The van der Waals surface area contributed by atoms with Crippen molar-refractivity contribution in [2.75, 3.05) is 11.9 Å². The van der Waals surface area contributed by atoms with E-state index >= 15 is 0 Å². The predicted molar refractivity (Wildman–Crippen MR) is 80.2 cm³/mol. The number of aliphatic hydroxyl groups is 1. The van der Waals surface area contributed by atoms with E-state index in [4.69, 9.17) is 5.11 Å². The van der Waals surface area contributed by atoms with Crippen LogP contribution in [-0.4, -0.2) is 17.6 Å². The number of aliphatic hydroxyl groups excluding tert-OH is 1. The Balaban J connectivity index is 1.90. The van der Waals surface area contributed by atoms with Gasteiger partial charge in [-0.25, -0.2) is 0 Å². The molecule has 3 nitrogen and oxygen atoms in total. The lowest BCUT2D eigenvalue weighted by Gasteiger charge is -2.20. The summed E-state index contributed by atoms with van der Waals surface area (Å²) >= 11 is 0. The highest BCUT2D eigenvalue weighted by Crippen LogP contribution is 2.24. The van der Waals surface area contributed by atoms with Crippen LogP contribution in [0.15, 0.2) is 24.3 Å². The Labute approximate surface area is 120 Å². The third-order valence-corrected chi connectivity index (χ3v) is 3.60. The lowest BCUT2D eigenvalue weighted by atomic mass is 9.88. The third kappa shape index (κ3) is 4.40.